The van der Waals surface area contributed by atoms with Crippen LogP contribution in [0.1, 0.15) is 24.2 Å². The average molecular weight is 296 g/mol. The molecule has 2 nitrogen and oxygen atoms in total. The van der Waals surface area contributed by atoms with Gasteiger partial charge in [-0.1, -0.05) is 13.8 Å². The van der Waals surface area contributed by atoms with Crippen molar-refractivity contribution in [1.29, 1.82) is 0 Å². The van der Waals surface area contributed by atoms with E-state index in [9.17, 15) is 9.18 Å². The van der Waals surface area contributed by atoms with E-state index in [0.29, 0.717) is 3.57 Å². The maximum Gasteiger partial charge on any atom is 0.338 e. The predicted molar refractivity (Wildman–Crippen MR) is 57.4 cm³/mol. The third-order valence-corrected chi connectivity index (χ3v) is 1.83. The Morgan fingerprint density at radius 2 is 2.00 bits per heavy atom. The first-order chi connectivity index (χ1) is 6.11. The summed E-state index contributed by atoms with van der Waals surface area (Å²) < 4.78 is 13.3. The van der Waals surface area contributed by atoms with Crippen LogP contribution < -0.4 is 0 Å². The molecule has 1 rings (SSSR count). The second-order valence-corrected chi connectivity index (χ2v) is 3.17. The average Bonchev–Trinajstić information content (AvgIpc) is 2.12. The van der Waals surface area contributed by atoms with Gasteiger partial charge in [0.2, 0.25) is 0 Å². The van der Waals surface area contributed by atoms with E-state index in [0.717, 1.165) is 6.07 Å². The fraction of sp³-hybridized carbons (Fsp3) is 0.222. The van der Waals surface area contributed by atoms with Gasteiger partial charge in [-0.05, 0) is 40.8 Å². The highest BCUT2D eigenvalue weighted by molar-refractivity contribution is 14.1. The van der Waals surface area contributed by atoms with Gasteiger partial charge in [0.05, 0.1) is 5.56 Å². The summed E-state index contributed by atoms with van der Waals surface area (Å²) in [6, 6.07) is 3.95. The summed E-state index contributed by atoms with van der Waals surface area (Å²) in [6.07, 6.45) is 0. The maximum atomic E-state index is 12.6. The minimum atomic E-state index is -1.24. The molecule has 4 heteroatoms. The molecule has 1 aromatic carbocycles. The smallest absolute Gasteiger partial charge is 0.338 e. The number of rotatable bonds is 1. The summed E-state index contributed by atoms with van der Waals surface area (Å²) in [7, 11) is 0. The van der Waals surface area contributed by atoms with Crippen LogP contribution in [0, 0.1) is 9.39 Å². The number of carboxylic acids is 1. The fourth-order valence-corrected chi connectivity index (χ4v) is 1.15. The number of halogens is 2. The molecular formula is C9H10FIO2. The summed E-state index contributed by atoms with van der Waals surface area (Å²) in [4.78, 5) is 10.3. The third-order valence-electron chi connectivity index (χ3n) is 1.16. The molecule has 13 heavy (non-hydrogen) atoms. The van der Waals surface area contributed by atoms with Gasteiger partial charge in [-0.2, -0.15) is 0 Å². The van der Waals surface area contributed by atoms with Gasteiger partial charge in [-0.25, -0.2) is 9.18 Å². The van der Waals surface area contributed by atoms with Crippen molar-refractivity contribution in [3.05, 3.63) is 33.1 Å². The van der Waals surface area contributed by atoms with Crippen molar-refractivity contribution in [3.8, 4) is 0 Å². The molecule has 0 bridgehead atoms. The monoisotopic (exact) mass is 296 g/mol. The number of hydrogen-bond donors (Lipinski definition) is 1. The molecule has 1 aromatic rings. The van der Waals surface area contributed by atoms with E-state index >= 15 is 0 Å². The van der Waals surface area contributed by atoms with E-state index < -0.39 is 11.8 Å². The summed E-state index contributed by atoms with van der Waals surface area (Å²) in [5.74, 6) is -1.93. The summed E-state index contributed by atoms with van der Waals surface area (Å²) in [5, 5.41) is 8.45. The molecule has 1 N–H and O–H groups in total. The Labute approximate surface area is 89.9 Å². The van der Waals surface area contributed by atoms with Crippen LogP contribution in [0.3, 0.4) is 0 Å². The SMILES string of the molecule is CC.O=C(O)c1cc(I)ccc1F. The summed E-state index contributed by atoms with van der Waals surface area (Å²) >= 11 is 1.93. The van der Waals surface area contributed by atoms with Crippen LogP contribution in [-0.2, 0) is 0 Å². The van der Waals surface area contributed by atoms with Crippen LogP contribution >= 0.6 is 22.6 Å². The molecule has 0 fully saturated rings. The van der Waals surface area contributed by atoms with Crippen LogP contribution in [0.5, 0.6) is 0 Å². The Bertz CT molecular complexity index is 300. The van der Waals surface area contributed by atoms with Crippen molar-refractivity contribution in [2.45, 2.75) is 13.8 Å². The van der Waals surface area contributed by atoms with Gasteiger partial charge in [-0.15, -0.1) is 0 Å². The summed E-state index contributed by atoms with van der Waals surface area (Å²) in [5.41, 5.74) is -0.281. The van der Waals surface area contributed by atoms with Crippen LogP contribution in [-0.4, -0.2) is 11.1 Å². The molecule has 0 heterocycles. The molecular weight excluding hydrogens is 286 g/mol. The highest BCUT2D eigenvalue weighted by Gasteiger charge is 2.08. The molecule has 0 atom stereocenters. The highest BCUT2D eigenvalue weighted by Crippen LogP contribution is 2.11. The Hall–Kier alpha value is -0.650. The number of aromatic carboxylic acids is 1. The first-order valence-corrected chi connectivity index (χ1v) is 4.87. The highest BCUT2D eigenvalue weighted by atomic mass is 127. The number of carboxylic acid groups (broad SMARTS) is 1. The Morgan fingerprint density at radius 1 is 1.46 bits per heavy atom. The molecule has 0 aromatic heterocycles. The van der Waals surface area contributed by atoms with Crippen molar-refractivity contribution in [2.24, 2.45) is 0 Å². The standard InChI is InChI=1S/C7H4FIO2.C2H6/c8-6-2-1-4(9)3-5(6)7(10)11;1-2/h1-3H,(H,10,11);1-2H3. The topological polar surface area (TPSA) is 37.3 Å². The first-order valence-electron chi connectivity index (χ1n) is 3.79. The van der Waals surface area contributed by atoms with Crippen molar-refractivity contribution in [2.75, 3.05) is 0 Å². The molecule has 0 saturated carbocycles. The molecule has 0 spiro atoms. The fourth-order valence-electron chi connectivity index (χ4n) is 0.661. The van der Waals surface area contributed by atoms with Gasteiger partial charge in [0.1, 0.15) is 5.82 Å². The van der Waals surface area contributed by atoms with Crippen molar-refractivity contribution in [3.63, 3.8) is 0 Å². The Balaban J connectivity index is 0.000000671. The van der Waals surface area contributed by atoms with Crippen molar-refractivity contribution >= 4 is 28.6 Å². The van der Waals surface area contributed by atoms with Crippen molar-refractivity contribution in [1.82, 2.24) is 0 Å². The lowest BCUT2D eigenvalue weighted by Gasteiger charge is -1.96. The molecule has 0 aliphatic heterocycles. The van der Waals surface area contributed by atoms with Gasteiger partial charge < -0.3 is 5.11 Å². The minimum absolute atomic E-state index is 0.281. The van der Waals surface area contributed by atoms with E-state index in [1.807, 2.05) is 36.4 Å². The first kappa shape index (κ1) is 12.3. The second-order valence-electron chi connectivity index (χ2n) is 1.93. The number of benzene rings is 1. The van der Waals surface area contributed by atoms with Gasteiger partial charge >= 0.3 is 5.97 Å². The zero-order chi connectivity index (χ0) is 10.4. The third kappa shape index (κ3) is 3.71. The largest absolute Gasteiger partial charge is 0.478 e. The van der Waals surface area contributed by atoms with Crippen LogP contribution in [0.2, 0.25) is 0 Å². The number of hydrogen-bond acceptors (Lipinski definition) is 1. The lowest BCUT2D eigenvalue weighted by atomic mass is 10.2. The zero-order valence-electron chi connectivity index (χ0n) is 7.34. The van der Waals surface area contributed by atoms with E-state index in [2.05, 4.69) is 0 Å². The second kappa shape index (κ2) is 5.90. The normalized spacial score (nSPS) is 8.62. The summed E-state index contributed by atoms with van der Waals surface area (Å²) in [6.45, 7) is 4.00. The van der Waals surface area contributed by atoms with Gasteiger partial charge in [0, 0.05) is 3.57 Å². The van der Waals surface area contributed by atoms with Crippen LogP contribution in [0.4, 0.5) is 4.39 Å². The molecule has 0 saturated heterocycles. The van der Waals surface area contributed by atoms with E-state index in [1.165, 1.54) is 12.1 Å². The van der Waals surface area contributed by atoms with Crippen molar-refractivity contribution < 1.29 is 14.3 Å². The molecule has 0 radical (unpaired) electrons. The predicted octanol–water partition coefficient (Wildman–Crippen LogP) is 3.15. The maximum absolute atomic E-state index is 12.6. The molecule has 0 aliphatic carbocycles. The van der Waals surface area contributed by atoms with E-state index in [4.69, 9.17) is 5.11 Å². The van der Waals surface area contributed by atoms with Crippen LogP contribution in [0.25, 0.3) is 0 Å². The van der Waals surface area contributed by atoms with E-state index in [1.54, 1.807) is 0 Å². The molecule has 0 amide bonds. The molecule has 0 unspecified atom stereocenters. The van der Waals surface area contributed by atoms with Gasteiger partial charge in [0.15, 0.2) is 0 Å². The number of carbonyl (C=O) groups is 1. The Morgan fingerprint density at radius 3 is 2.38 bits per heavy atom. The lowest BCUT2D eigenvalue weighted by molar-refractivity contribution is 0.0692. The lowest BCUT2D eigenvalue weighted by Crippen LogP contribution is -2.00. The van der Waals surface area contributed by atoms with Gasteiger partial charge in [0.25, 0.3) is 0 Å². The quantitative estimate of drug-likeness (QED) is 0.808. The molecule has 0 aliphatic rings. The minimum Gasteiger partial charge on any atom is -0.478 e. The zero-order valence-corrected chi connectivity index (χ0v) is 9.50. The Kier molecular flexibility index (Phi) is 5.61. The van der Waals surface area contributed by atoms with E-state index in [-0.39, 0.29) is 5.56 Å². The van der Waals surface area contributed by atoms with Gasteiger partial charge in [-0.3, -0.25) is 0 Å². The molecule has 72 valence electrons. The van der Waals surface area contributed by atoms with Crippen LogP contribution in [0.15, 0.2) is 18.2 Å².